The smallest absolute Gasteiger partial charge is 0.0218 e. The topological polar surface area (TPSA) is 27.3 Å². The van der Waals surface area contributed by atoms with E-state index in [1.54, 1.807) is 0 Å². The van der Waals surface area contributed by atoms with Gasteiger partial charge in [0.2, 0.25) is 0 Å². The van der Waals surface area contributed by atoms with Gasteiger partial charge in [0.25, 0.3) is 0 Å². The number of hydrogen-bond donors (Lipinski definition) is 2. The first-order valence-electron chi connectivity index (χ1n) is 6.22. The lowest BCUT2D eigenvalue weighted by Gasteiger charge is -2.34. The monoisotopic (exact) mass is 213 g/mol. The number of piperidine rings is 1. The van der Waals surface area contributed by atoms with Crippen LogP contribution in [0.3, 0.4) is 0 Å². The lowest BCUT2D eigenvalue weighted by atomic mass is 9.89. The third kappa shape index (κ3) is 4.49. The van der Waals surface area contributed by atoms with Crippen molar-refractivity contribution < 1.29 is 0 Å². The number of likely N-dealkylation sites (N-methyl/N-ethyl adjacent to an activating group) is 1. The molecule has 90 valence electrons. The molecule has 1 unspecified atom stereocenters. The Morgan fingerprint density at radius 3 is 2.33 bits per heavy atom. The van der Waals surface area contributed by atoms with E-state index in [0.717, 1.165) is 12.5 Å². The molecule has 3 heteroatoms. The van der Waals surface area contributed by atoms with Crippen molar-refractivity contribution in [3.8, 4) is 0 Å². The number of likely N-dealkylation sites (tertiary alicyclic amines) is 1. The molecule has 1 aliphatic heterocycles. The number of hydrogen-bond acceptors (Lipinski definition) is 3. The second-order valence-corrected chi connectivity index (χ2v) is 5.10. The summed E-state index contributed by atoms with van der Waals surface area (Å²) in [6.45, 7) is 8.03. The van der Waals surface area contributed by atoms with Crippen LogP contribution in [0.25, 0.3) is 0 Å². The third-order valence-corrected chi connectivity index (χ3v) is 3.45. The van der Waals surface area contributed by atoms with Crippen LogP contribution >= 0.6 is 0 Å². The van der Waals surface area contributed by atoms with E-state index in [-0.39, 0.29) is 0 Å². The predicted molar refractivity (Wildman–Crippen MR) is 66.2 cm³/mol. The quantitative estimate of drug-likeness (QED) is 0.711. The first-order valence-corrected chi connectivity index (χ1v) is 6.22. The van der Waals surface area contributed by atoms with Gasteiger partial charge in [0.05, 0.1) is 0 Å². The maximum absolute atomic E-state index is 3.53. The van der Waals surface area contributed by atoms with Gasteiger partial charge < -0.3 is 15.5 Å². The molecular formula is C12H27N3. The summed E-state index contributed by atoms with van der Waals surface area (Å²) in [5.41, 5.74) is 0. The minimum absolute atomic E-state index is 0.590. The summed E-state index contributed by atoms with van der Waals surface area (Å²) in [6, 6.07) is 1.23. The van der Waals surface area contributed by atoms with Crippen molar-refractivity contribution in [3.63, 3.8) is 0 Å². The SMILES string of the molecule is CNC(CNC(C)C)C1CCN(C)CC1. The van der Waals surface area contributed by atoms with Gasteiger partial charge in [-0.15, -0.1) is 0 Å². The molecule has 0 aromatic heterocycles. The predicted octanol–water partition coefficient (Wildman–Crippen LogP) is 0.914. The molecule has 0 radical (unpaired) electrons. The third-order valence-electron chi connectivity index (χ3n) is 3.45. The molecule has 0 spiro atoms. The molecule has 0 aromatic carbocycles. The summed E-state index contributed by atoms with van der Waals surface area (Å²) in [5.74, 6) is 0.845. The minimum Gasteiger partial charge on any atom is -0.315 e. The van der Waals surface area contributed by atoms with E-state index in [4.69, 9.17) is 0 Å². The molecule has 0 aromatic rings. The molecule has 1 rings (SSSR count). The van der Waals surface area contributed by atoms with Crippen molar-refractivity contribution in [1.82, 2.24) is 15.5 Å². The normalized spacial score (nSPS) is 22.2. The number of rotatable bonds is 5. The highest BCUT2D eigenvalue weighted by atomic mass is 15.1. The molecule has 0 amide bonds. The van der Waals surface area contributed by atoms with E-state index < -0.39 is 0 Å². The summed E-state index contributed by atoms with van der Waals surface area (Å²) < 4.78 is 0. The molecule has 0 aliphatic carbocycles. The highest BCUT2D eigenvalue weighted by Crippen LogP contribution is 2.19. The van der Waals surface area contributed by atoms with Crippen LogP contribution in [0.2, 0.25) is 0 Å². The summed E-state index contributed by atoms with van der Waals surface area (Å²) >= 11 is 0. The fraction of sp³-hybridized carbons (Fsp3) is 1.00. The largest absolute Gasteiger partial charge is 0.315 e. The average molecular weight is 213 g/mol. The average Bonchev–Trinajstić information content (AvgIpc) is 2.21. The molecule has 0 saturated carbocycles. The van der Waals surface area contributed by atoms with Crippen molar-refractivity contribution in [3.05, 3.63) is 0 Å². The molecular weight excluding hydrogens is 186 g/mol. The lowest BCUT2D eigenvalue weighted by molar-refractivity contribution is 0.185. The summed E-state index contributed by atoms with van der Waals surface area (Å²) in [6.07, 6.45) is 2.67. The van der Waals surface area contributed by atoms with Crippen LogP contribution in [0.5, 0.6) is 0 Å². The van der Waals surface area contributed by atoms with E-state index in [9.17, 15) is 0 Å². The van der Waals surface area contributed by atoms with E-state index in [0.29, 0.717) is 12.1 Å². The summed E-state index contributed by atoms with van der Waals surface area (Å²) in [7, 11) is 4.31. The Hall–Kier alpha value is -0.120. The first-order chi connectivity index (χ1) is 7.13. The molecule has 15 heavy (non-hydrogen) atoms. The fourth-order valence-corrected chi connectivity index (χ4v) is 2.30. The van der Waals surface area contributed by atoms with Crippen LogP contribution < -0.4 is 10.6 Å². The van der Waals surface area contributed by atoms with E-state index >= 15 is 0 Å². The Kier molecular flexibility index (Phi) is 5.58. The molecule has 1 heterocycles. The molecule has 1 atom stereocenters. The Labute approximate surface area is 94.6 Å². The number of nitrogens with zero attached hydrogens (tertiary/aromatic N) is 1. The second-order valence-electron chi connectivity index (χ2n) is 5.10. The van der Waals surface area contributed by atoms with Crippen molar-refractivity contribution in [2.45, 2.75) is 38.8 Å². The molecule has 0 bridgehead atoms. The standard InChI is InChI=1S/C12H27N3/c1-10(2)14-9-12(13-3)11-5-7-15(4)8-6-11/h10-14H,5-9H2,1-4H3. The van der Waals surface area contributed by atoms with Crippen molar-refractivity contribution in [1.29, 1.82) is 0 Å². The van der Waals surface area contributed by atoms with Gasteiger partial charge in [-0.25, -0.2) is 0 Å². The van der Waals surface area contributed by atoms with Gasteiger partial charge in [-0.05, 0) is 45.9 Å². The van der Waals surface area contributed by atoms with Crippen molar-refractivity contribution in [2.24, 2.45) is 5.92 Å². The zero-order valence-corrected chi connectivity index (χ0v) is 10.7. The van der Waals surface area contributed by atoms with Crippen LogP contribution in [0.1, 0.15) is 26.7 Å². The van der Waals surface area contributed by atoms with Crippen LogP contribution in [0, 0.1) is 5.92 Å². The lowest BCUT2D eigenvalue weighted by Crippen LogP contribution is -2.47. The Morgan fingerprint density at radius 2 is 1.87 bits per heavy atom. The second kappa shape index (κ2) is 6.46. The fourth-order valence-electron chi connectivity index (χ4n) is 2.30. The van der Waals surface area contributed by atoms with Gasteiger partial charge in [0.15, 0.2) is 0 Å². The minimum atomic E-state index is 0.590. The number of nitrogens with one attached hydrogen (secondary N) is 2. The van der Waals surface area contributed by atoms with Crippen LogP contribution in [0.4, 0.5) is 0 Å². The van der Waals surface area contributed by atoms with Crippen molar-refractivity contribution in [2.75, 3.05) is 33.7 Å². The van der Waals surface area contributed by atoms with Gasteiger partial charge >= 0.3 is 0 Å². The molecule has 1 fully saturated rings. The van der Waals surface area contributed by atoms with Gasteiger partial charge in [-0.1, -0.05) is 13.8 Å². The molecule has 1 aliphatic rings. The van der Waals surface area contributed by atoms with E-state index in [2.05, 4.69) is 43.5 Å². The van der Waals surface area contributed by atoms with Crippen LogP contribution in [-0.4, -0.2) is 50.7 Å². The maximum Gasteiger partial charge on any atom is 0.0218 e. The maximum atomic E-state index is 3.53. The zero-order valence-electron chi connectivity index (χ0n) is 10.7. The zero-order chi connectivity index (χ0) is 11.3. The van der Waals surface area contributed by atoms with Crippen LogP contribution in [-0.2, 0) is 0 Å². The van der Waals surface area contributed by atoms with E-state index in [1.807, 2.05) is 0 Å². The highest BCUT2D eigenvalue weighted by molar-refractivity contribution is 4.82. The van der Waals surface area contributed by atoms with Gasteiger partial charge in [-0.3, -0.25) is 0 Å². The van der Waals surface area contributed by atoms with Crippen LogP contribution in [0.15, 0.2) is 0 Å². The first kappa shape index (κ1) is 12.9. The van der Waals surface area contributed by atoms with Gasteiger partial charge in [0.1, 0.15) is 0 Å². The Balaban J connectivity index is 2.31. The molecule has 2 N–H and O–H groups in total. The van der Waals surface area contributed by atoms with Crippen molar-refractivity contribution >= 4 is 0 Å². The Morgan fingerprint density at radius 1 is 1.27 bits per heavy atom. The van der Waals surface area contributed by atoms with E-state index in [1.165, 1.54) is 25.9 Å². The molecule has 1 saturated heterocycles. The summed E-state index contributed by atoms with van der Waals surface area (Å²) in [4.78, 5) is 2.43. The van der Waals surface area contributed by atoms with Gasteiger partial charge in [-0.2, -0.15) is 0 Å². The molecule has 3 nitrogen and oxygen atoms in total. The van der Waals surface area contributed by atoms with Gasteiger partial charge in [0, 0.05) is 18.6 Å². The Bertz CT molecular complexity index is 162. The highest BCUT2D eigenvalue weighted by Gasteiger charge is 2.23. The summed E-state index contributed by atoms with van der Waals surface area (Å²) in [5, 5.41) is 6.99.